The van der Waals surface area contributed by atoms with Crippen molar-refractivity contribution in [3.05, 3.63) is 23.6 Å². The molecule has 2 heterocycles. The lowest BCUT2D eigenvalue weighted by atomic mass is 10.1. The van der Waals surface area contributed by atoms with Gasteiger partial charge in [-0.15, -0.1) is 0 Å². The fraction of sp³-hybridized carbons (Fsp3) is 0.583. The number of aliphatic hydroxyl groups excluding tert-OH is 1. The molecule has 5 heteroatoms. The summed E-state index contributed by atoms with van der Waals surface area (Å²) in [6.07, 6.45) is 3.61. The minimum atomic E-state index is -0.424. The standard InChI is InChI=1S/C12H17FN2O2/c1-17-10-3-2-6-15(7-10)12-11(13)9(8-16)4-5-14-12/h4-5,10,16H,2-3,6-8H2,1H3. The molecule has 0 radical (unpaired) electrons. The van der Waals surface area contributed by atoms with Crippen LogP contribution in [0.15, 0.2) is 12.3 Å². The highest BCUT2D eigenvalue weighted by Crippen LogP contribution is 2.23. The highest BCUT2D eigenvalue weighted by Gasteiger charge is 2.23. The van der Waals surface area contributed by atoms with Gasteiger partial charge in [-0.05, 0) is 18.9 Å². The largest absolute Gasteiger partial charge is 0.392 e. The predicted molar refractivity (Wildman–Crippen MR) is 62.4 cm³/mol. The number of piperidine rings is 1. The van der Waals surface area contributed by atoms with E-state index in [1.54, 1.807) is 7.11 Å². The minimum absolute atomic E-state index is 0.128. The highest BCUT2D eigenvalue weighted by molar-refractivity contribution is 5.43. The van der Waals surface area contributed by atoms with Crippen LogP contribution in [0.1, 0.15) is 18.4 Å². The zero-order chi connectivity index (χ0) is 12.3. The molecular formula is C12H17FN2O2. The van der Waals surface area contributed by atoms with E-state index in [2.05, 4.69) is 4.98 Å². The maximum atomic E-state index is 14.0. The molecule has 1 aromatic rings. The Hall–Kier alpha value is -1.20. The molecule has 2 rings (SSSR count). The van der Waals surface area contributed by atoms with Gasteiger partial charge in [0.1, 0.15) is 0 Å². The first-order valence-corrected chi connectivity index (χ1v) is 5.78. The summed E-state index contributed by atoms with van der Waals surface area (Å²) in [6, 6.07) is 1.50. The molecule has 0 aromatic carbocycles. The molecule has 1 N–H and O–H groups in total. The average molecular weight is 240 g/mol. The van der Waals surface area contributed by atoms with Crippen LogP contribution in [0.4, 0.5) is 10.2 Å². The molecule has 1 aliphatic heterocycles. The highest BCUT2D eigenvalue weighted by atomic mass is 19.1. The fourth-order valence-corrected chi connectivity index (χ4v) is 2.14. The molecule has 1 saturated heterocycles. The molecule has 1 aromatic heterocycles. The zero-order valence-corrected chi connectivity index (χ0v) is 9.90. The summed E-state index contributed by atoms with van der Waals surface area (Å²) < 4.78 is 19.3. The summed E-state index contributed by atoms with van der Waals surface area (Å²) >= 11 is 0. The van der Waals surface area contributed by atoms with Gasteiger partial charge in [0.05, 0.1) is 12.7 Å². The van der Waals surface area contributed by atoms with Gasteiger partial charge in [-0.1, -0.05) is 0 Å². The lowest BCUT2D eigenvalue weighted by molar-refractivity contribution is 0.0889. The number of aromatic nitrogens is 1. The summed E-state index contributed by atoms with van der Waals surface area (Å²) in [5, 5.41) is 9.03. The molecule has 1 atom stereocenters. The van der Waals surface area contributed by atoms with Crippen molar-refractivity contribution in [2.24, 2.45) is 0 Å². The van der Waals surface area contributed by atoms with Crippen molar-refractivity contribution < 1.29 is 14.2 Å². The van der Waals surface area contributed by atoms with Gasteiger partial charge >= 0.3 is 0 Å². The van der Waals surface area contributed by atoms with Gasteiger partial charge < -0.3 is 14.7 Å². The van der Waals surface area contributed by atoms with Gasteiger partial charge in [-0.3, -0.25) is 0 Å². The monoisotopic (exact) mass is 240 g/mol. The third-order valence-electron chi connectivity index (χ3n) is 3.13. The number of hydrogen-bond donors (Lipinski definition) is 1. The molecule has 94 valence electrons. The second-order valence-corrected chi connectivity index (χ2v) is 4.21. The van der Waals surface area contributed by atoms with Crippen molar-refractivity contribution in [2.45, 2.75) is 25.6 Å². The number of hydrogen-bond acceptors (Lipinski definition) is 4. The minimum Gasteiger partial charge on any atom is -0.392 e. The first-order valence-electron chi connectivity index (χ1n) is 5.78. The number of methoxy groups -OCH3 is 1. The number of aliphatic hydroxyl groups is 1. The van der Waals surface area contributed by atoms with Crippen molar-refractivity contribution in [1.82, 2.24) is 4.98 Å². The van der Waals surface area contributed by atoms with E-state index in [1.165, 1.54) is 12.3 Å². The van der Waals surface area contributed by atoms with Crippen LogP contribution in [0.3, 0.4) is 0 Å². The van der Waals surface area contributed by atoms with Gasteiger partial charge in [0, 0.05) is 32.0 Å². The third-order valence-corrected chi connectivity index (χ3v) is 3.13. The Morgan fingerprint density at radius 2 is 2.47 bits per heavy atom. The van der Waals surface area contributed by atoms with Crippen LogP contribution in [-0.4, -0.2) is 36.4 Å². The molecule has 1 fully saturated rings. The second kappa shape index (κ2) is 5.42. The van der Waals surface area contributed by atoms with Crippen molar-refractivity contribution in [2.75, 3.05) is 25.1 Å². The Balaban J connectivity index is 2.21. The van der Waals surface area contributed by atoms with Crippen LogP contribution in [-0.2, 0) is 11.3 Å². The van der Waals surface area contributed by atoms with Crippen molar-refractivity contribution in [3.63, 3.8) is 0 Å². The number of anilines is 1. The Labute approximate surface area is 100 Å². The third kappa shape index (κ3) is 2.56. The first kappa shape index (κ1) is 12.3. The normalized spacial score (nSPS) is 20.6. The molecule has 17 heavy (non-hydrogen) atoms. The Kier molecular flexibility index (Phi) is 3.91. The fourth-order valence-electron chi connectivity index (χ4n) is 2.14. The molecule has 0 saturated carbocycles. The Bertz CT molecular complexity index is 387. The number of rotatable bonds is 3. The van der Waals surface area contributed by atoms with Crippen LogP contribution in [0.2, 0.25) is 0 Å². The quantitative estimate of drug-likeness (QED) is 0.865. The van der Waals surface area contributed by atoms with E-state index in [1.807, 2.05) is 4.90 Å². The van der Waals surface area contributed by atoms with E-state index in [9.17, 15) is 4.39 Å². The van der Waals surface area contributed by atoms with Gasteiger partial charge in [0.2, 0.25) is 0 Å². The van der Waals surface area contributed by atoms with Crippen LogP contribution in [0.5, 0.6) is 0 Å². The van der Waals surface area contributed by atoms with E-state index < -0.39 is 5.82 Å². The Morgan fingerprint density at radius 1 is 1.65 bits per heavy atom. The Morgan fingerprint density at radius 3 is 3.18 bits per heavy atom. The van der Waals surface area contributed by atoms with Crippen molar-refractivity contribution in [3.8, 4) is 0 Å². The van der Waals surface area contributed by atoms with Gasteiger partial charge in [-0.2, -0.15) is 0 Å². The van der Waals surface area contributed by atoms with Crippen LogP contribution in [0.25, 0.3) is 0 Å². The summed E-state index contributed by atoms with van der Waals surface area (Å²) in [6.45, 7) is 1.12. The lowest BCUT2D eigenvalue weighted by Crippen LogP contribution is -2.40. The first-order chi connectivity index (χ1) is 8.26. The van der Waals surface area contributed by atoms with Crippen LogP contribution in [0, 0.1) is 5.82 Å². The molecule has 0 aliphatic carbocycles. The summed E-state index contributed by atoms with van der Waals surface area (Å²) in [4.78, 5) is 5.94. The van der Waals surface area contributed by atoms with Crippen molar-refractivity contribution >= 4 is 5.82 Å². The van der Waals surface area contributed by atoms with E-state index in [0.29, 0.717) is 12.4 Å². The molecule has 1 aliphatic rings. The number of nitrogens with zero attached hydrogens (tertiary/aromatic N) is 2. The van der Waals surface area contributed by atoms with Crippen LogP contribution < -0.4 is 4.90 Å². The number of ether oxygens (including phenoxy) is 1. The second-order valence-electron chi connectivity index (χ2n) is 4.21. The van der Waals surface area contributed by atoms with E-state index in [4.69, 9.17) is 9.84 Å². The molecule has 0 bridgehead atoms. The maximum Gasteiger partial charge on any atom is 0.171 e. The average Bonchev–Trinajstić information content (AvgIpc) is 2.39. The SMILES string of the molecule is COC1CCCN(c2nccc(CO)c2F)C1. The molecular weight excluding hydrogens is 223 g/mol. The van der Waals surface area contributed by atoms with E-state index >= 15 is 0 Å². The molecule has 0 amide bonds. The topological polar surface area (TPSA) is 45.6 Å². The maximum absolute atomic E-state index is 14.0. The summed E-state index contributed by atoms with van der Waals surface area (Å²) in [7, 11) is 1.67. The molecule has 0 spiro atoms. The molecule has 1 unspecified atom stereocenters. The van der Waals surface area contributed by atoms with E-state index in [0.717, 1.165) is 19.4 Å². The summed E-state index contributed by atoms with van der Waals surface area (Å²) in [5.41, 5.74) is 0.287. The smallest absolute Gasteiger partial charge is 0.171 e. The van der Waals surface area contributed by atoms with Gasteiger partial charge in [-0.25, -0.2) is 9.37 Å². The number of pyridine rings is 1. The van der Waals surface area contributed by atoms with Crippen LogP contribution >= 0.6 is 0 Å². The summed E-state index contributed by atoms with van der Waals surface area (Å²) in [5.74, 6) is -0.106. The van der Waals surface area contributed by atoms with Gasteiger partial charge in [0.15, 0.2) is 11.6 Å². The lowest BCUT2D eigenvalue weighted by Gasteiger charge is -2.33. The zero-order valence-electron chi connectivity index (χ0n) is 9.90. The van der Waals surface area contributed by atoms with E-state index in [-0.39, 0.29) is 18.3 Å². The predicted octanol–water partition coefficient (Wildman–Crippen LogP) is 1.33. The van der Waals surface area contributed by atoms with Crippen molar-refractivity contribution in [1.29, 1.82) is 0 Å². The molecule has 4 nitrogen and oxygen atoms in total. The number of halogens is 1. The van der Waals surface area contributed by atoms with Gasteiger partial charge in [0.25, 0.3) is 0 Å².